The van der Waals surface area contributed by atoms with E-state index in [-0.39, 0.29) is 12.5 Å². The molecule has 0 bridgehead atoms. The molecular formula is C13H24N2O4. The minimum atomic E-state index is -0.576. The fraction of sp³-hybridized carbons (Fsp3) is 0.846. The number of aliphatic hydroxyl groups is 1. The van der Waals surface area contributed by atoms with Crippen LogP contribution in [0.5, 0.6) is 0 Å². The van der Waals surface area contributed by atoms with E-state index in [1.165, 1.54) is 7.11 Å². The molecule has 1 heterocycles. The van der Waals surface area contributed by atoms with Gasteiger partial charge in [0.05, 0.1) is 19.8 Å². The summed E-state index contributed by atoms with van der Waals surface area (Å²) in [7, 11) is 1.31. The van der Waals surface area contributed by atoms with Crippen molar-refractivity contribution < 1.29 is 19.4 Å². The summed E-state index contributed by atoms with van der Waals surface area (Å²) >= 11 is 0. The van der Waals surface area contributed by atoms with Crippen LogP contribution in [-0.4, -0.2) is 60.8 Å². The van der Waals surface area contributed by atoms with Gasteiger partial charge in [-0.15, -0.1) is 0 Å². The standard InChI is InChI=1S/C13H24N2O4/c1-9(2)4-5-14-12(17)8-15-7-10(16)6-11(15)13(18)19-3/h9-11,16H,4-8H2,1-3H3,(H,14,17). The maximum Gasteiger partial charge on any atom is 0.323 e. The predicted octanol–water partition coefficient (Wildman–Crippen LogP) is -0.243. The normalized spacial score (nSPS) is 23.6. The number of nitrogens with one attached hydrogen (secondary N) is 1. The topological polar surface area (TPSA) is 78.9 Å². The molecule has 110 valence electrons. The van der Waals surface area contributed by atoms with Crippen LogP contribution in [0.4, 0.5) is 0 Å². The van der Waals surface area contributed by atoms with Crippen LogP contribution >= 0.6 is 0 Å². The lowest BCUT2D eigenvalue weighted by atomic mass is 10.1. The van der Waals surface area contributed by atoms with Gasteiger partial charge in [0.2, 0.25) is 5.91 Å². The fourth-order valence-corrected chi connectivity index (χ4v) is 2.18. The summed E-state index contributed by atoms with van der Waals surface area (Å²) in [6.07, 6.45) is 0.674. The second-order valence-corrected chi connectivity index (χ2v) is 5.39. The number of methoxy groups -OCH3 is 1. The number of hydrogen-bond donors (Lipinski definition) is 2. The van der Waals surface area contributed by atoms with Crippen molar-refractivity contribution in [1.82, 2.24) is 10.2 Å². The Balaban J connectivity index is 2.41. The lowest BCUT2D eigenvalue weighted by Crippen LogP contribution is -2.43. The Hall–Kier alpha value is -1.14. The van der Waals surface area contributed by atoms with E-state index >= 15 is 0 Å². The number of nitrogens with zero attached hydrogens (tertiary/aromatic N) is 1. The van der Waals surface area contributed by atoms with Crippen molar-refractivity contribution in [2.75, 3.05) is 26.7 Å². The predicted molar refractivity (Wildman–Crippen MR) is 70.5 cm³/mol. The zero-order valence-corrected chi connectivity index (χ0v) is 11.9. The molecule has 1 saturated heterocycles. The molecule has 0 saturated carbocycles. The van der Waals surface area contributed by atoms with Crippen molar-refractivity contribution in [1.29, 1.82) is 0 Å². The molecule has 0 aromatic rings. The molecule has 1 aliphatic heterocycles. The molecule has 19 heavy (non-hydrogen) atoms. The lowest BCUT2D eigenvalue weighted by Gasteiger charge is -2.21. The summed E-state index contributed by atoms with van der Waals surface area (Å²) < 4.78 is 4.68. The SMILES string of the molecule is COC(=O)C1CC(O)CN1CC(=O)NCCC(C)C. The molecule has 1 rings (SSSR count). The van der Waals surface area contributed by atoms with Gasteiger partial charge in [-0.05, 0) is 12.3 Å². The molecule has 0 radical (unpaired) electrons. The van der Waals surface area contributed by atoms with Crippen LogP contribution in [0.15, 0.2) is 0 Å². The zero-order chi connectivity index (χ0) is 14.4. The maximum atomic E-state index is 11.8. The van der Waals surface area contributed by atoms with Crippen LogP contribution in [0.2, 0.25) is 0 Å². The highest BCUT2D eigenvalue weighted by molar-refractivity contribution is 5.80. The quantitative estimate of drug-likeness (QED) is 0.652. The molecule has 6 heteroatoms. The third-order valence-electron chi connectivity index (χ3n) is 3.25. The molecule has 1 aliphatic rings. The van der Waals surface area contributed by atoms with Crippen LogP contribution in [0.1, 0.15) is 26.7 Å². The van der Waals surface area contributed by atoms with Crippen LogP contribution < -0.4 is 5.32 Å². The first kappa shape index (κ1) is 15.9. The number of likely N-dealkylation sites (tertiary alicyclic amines) is 1. The zero-order valence-electron chi connectivity index (χ0n) is 11.9. The van der Waals surface area contributed by atoms with Gasteiger partial charge in [-0.1, -0.05) is 13.8 Å². The van der Waals surface area contributed by atoms with Crippen LogP contribution in [0.25, 0.3) is 0 Å². The molecule has 2 N–H and O–H groups in total. The monoisotopic (exact) mass is 272 g/mol. The Kier molecular flexibility index (Phi) is 6.24. The minimum absolute atomic E-state index is 0.120. The number of ether oxygens (including phenoxy) is 1. The largest absolute Gasteiger partial charge is 0.468 e. The van der Waals surface area contributed by atoms with Gasteiger partial charge in [-0.2, -0.15) is 0 Å². The van der Waals surface area contributed by atoms with Crippen LogP contribution in [0.3, 0.4) is 0 Å². The fourth-order valence-electron chi connectivity index (χ4n) is 2.18. The van der Waals surface area contributed by atoms with E-state index < -0.39 is 18.1 Å². The van der Waals surface area contributed by atoms with Crippen molar-refractivity contribution in [3.05, 3.63) is 0 Å². The minimum Gasteiger partial charge on any atom is -0.468 e. The van der Waals surface area contributed by atoms with Gasteiger partial charge < -0.3 is 15.2 Å². The molecule has 6 nitrogen and oxygen atoms in total. The highest BCUT2D eigenvalue weighted by Gasteiger charge is 2.37. The van der Waals surface area contributed by atoms with E-state index in [2.05, 4.69) is 23.9 Å². The Morgan fingerprint density at radius 2 is 2.16 bits per heavy atom. The number of rotatable bonds is 6. The van der Waals surface area contributed by atoms with Crippen LogP contribution in [0, 0.1) is 5.92 Å². The Bertz CT molecular complexity index is 320. The van der Waals surface area contributed by atoms with E-state index in [4.69, 9.17) is 0 Å². The van der Waals surface area contributed by atoms with Gasteiger partial charge in [0.1, 0.15) is 6.04 Å². The molecule has 0 aromatic heterocycles. The Labute approximate surface area is 114 Å². The summed E-state index contributed by atoms with van der Waals surface area (Å²) in [5, 5.41) is 12.4. The average Bonchev–Trinajstić information content (AvgIpc) is 2.68. The first-order valence-electron chi connectivity index (χ1n) is 6.70. The average molecular weight is 272 g/mol. The van der Waals surface area contributed by atoms with Crippen LogP contribution in [-0.2, 0) is 14.3 Å². The van der Waals surface area contributed by atoms with Gasteiger partial charge in [0.25, 0.3) is 0 Å². The first-order valence-corrected chi connectivity index (χ1v) is 6.70. The molecule has 1 fully saturated rings. The van der Waals surface area contributed by atoms with Crippen molar-refractivity contribution in [2.24, 2.45) is 5.92 Å². The van der Waals surface area contributed by atoms with Gasteiger partial charge in [0.15, 0.2) is 0 Å². The maximum absolute atomic E-state index is 11.8. The summed E-state index contributed by atoms with van der Waals surface area (Å²) in [6.45, 7) is 5.27. The van der Waals surface area contributed by atoms with E-state index in [0.717, 1.165) is 6.42 Å². The molecular weight excluding hydrogens is 248 g/mol. The van der Waals surface area contributed by atoms with E-state index in [0.29, 0.717) is 25.4 Å². The molecule has 1 amide bonds. The molecule has 0 spiro atoms. The Morgan fingerprint density at radius 1 is 1.47 bits per heavy atom. The van der Waals surface area contributed by atoms with E-state index in [1.807, 2.05) is 0 Å². The van der Waals surface area contributed by atoms with E-state index in [1.54, 1.807) is 4.90 Å². The van der Waals surface area contributed by atoms with Crippen molar-refractivity contribution in [2.45, 2.75) is 38.8 Å². The third-order valence-corrected chi connectivity index (χ3v) is 3.25. The van der Waals surface area contributed by atoms with Gasteiger partial charge >= 0.3 is 5.97 Å². The molecule has 0 aromatic carbocycles. The molecule has 0 aliphatic carbocycles. The van der Waals surface area contributed by atoms with Crippen molar-refractivity contribution in [3.8, 4) is 0 Å². The summed E-state index contributed by atoms with van der Waals surface area (Å²) in [6, 6.07) is -0.518. The van der Waals surface area contributed by atoms with Crippen molar-refractivity contribution in [3.63, 3.8) is 0 Å². The van der Waals surface area contributed by atoms with Gasteiger partial charge in [0, 0.05) is 19.5 Å². The van der Waals surface area contributed by atoms with Gasteiger partial charge in [-0.25, -0.2) is 0 Å². The number of amides is 1. The Morgan fingerprint density at radius 3 is 2.74 bits per heavy atom. The second kappa shape index (κ2) is 7.45. The molecule has 2 atom stereocenters. The lowest BCUT2D eigenvalue weighted by molar-refractivity contribution is -0.146. The summed E-state index contributed by atoms with van der Waals surface area (Å²) in [5.41, 5.74) is 0. The number of hydrogen-bond acceptors (Lipinski definition) is 5. The highest BCUT2D eigenvalue weighted by Crippen LogP contribution is 2.18. The number of β-amino-alcohol motifs (C(OH)–C–C–N with tert-alkyl or cyclic N) is 1. The molecule has 2 unspecified atom stereocenters. The second-order valence-electron chi connectivity index (χ2n) is 5.39. The number of carbonyl (C=O) groups excluding carboxylic acids is 2. The number of carbonyl (C=O) groups is 2. The summed E-state index contributed by atoms with van der Waals surface area (Å²) in [5.74, 6) is 0.0203. The van der Waals surface area contributed by atoms with E-state index in [9.17, 15) is 14.7 Å². The number of aliphatic hydroxyl groups excluding tert-OH is 1. The third kappa shape index (κ3) is 5.16. The number of esters is 1. The first-order chi connectivity index (χ1) is 8.93. The van der Waals surface area contributed by atoms with Crippen molar-refractivity contribution >= 4 is 11.9 Å². The van der Waals surface area contributed by atoms with Gasteiger partial charge in [-0.3, -0.25) is 14.5 Å². The summed E-state index contributed by atoms with van der Waals surface area (Å²) in [4.78, 5) is 25.0. The smallest absolute Gasteiger partial charge is 0.323 e. The highest BCUT2D eigenvalue weighted by atomic mass is 16.5.